The van der Waals surface area contributed by atoms with E-state index in [1.165, 1.54) is 0 Å². The fourth-order valence-electron chi connectivity index (χ4n) is 1.72. The lowest BCUT2D eigenvalue weighted by Gasteiger charge is -2.18. The molecule has 0 spiro atoms. The second-order valence-corrected chi connectivity index (χ2v) is 4.52. The van der Waals surface area contributed by atoms with Crippen LogP contribution in [0.15, 0.2) is 36.1 Å². The molecule has 0 fully saturated rings. The molecule has 0 heterocycles. The summed E-state index contributed by atoms with van der Waals surface area (Å²) in [4.78, 5) is 11.9. The van der Waals surface area contributed by atoms with Crippen LogP contribution in [-0.4, -0.2) is 38.8 Å². The predicted octanol–water partition coefficient (Wildman–Crippen LogP) is 1.48. The van der Waals surface area contributed by atoms with E-state index in [1.807, 2.05) is 13.1 Å². The van der Waals surface area contributed by atoms with Gasteiger partial charge in [0.2, 0.25) is 0 Å². The molecule has 0 aromatic carbocycles. The van der Waals surface area contributed by atoms with Crippen molar-refractivity contribution in [3.63, 3.8) is 0 Å². The maximum absolute atomic E-state index is 11.9. The molecule has 0 amide bonds. The van der Waals surface area contributed by atoms with E-state index < -0.39 is 5.97 Å². The third-order valence-corrected chi connectivity index (χ3v) is 2.85. The molecule has 21 heavy (non-hydrogen) atoms. The largest absolute Gasteiger partial charge is 0.462 e. The Hall–Kier alpha value is -1.59. The number of hydrogen-bond acceptors (Lipinski definition) is 5. The van der Waals surface area contributed by atoms with Gasteiger partial charge < -0.3 is 21.1 Å². The number of nitrogens with two attached hydrogens (primary N) is 1. The number of rotatable bonds is 11. The maximum Gasteiger partial charge on any atom is 0.337 e. The van der Waals surface area contributed by atoms with Crippen molar-refractivity contribution in [2.24, 2.45) is 5.73 Å². The Labute approximate surface area is 128 Å². The topological polar surface area (TPSA) is 76.4 Å². The van der Waals surface area contributed by atoms with Crippen LogP contribution in [0.4, 0.5) is 0 Å². The van der Waals surface area contributed by atoms with Crippen molar-refractivity contribution in [2.45, 2.75) is 32.7 Å². The van der Waals surface area contributed by atoms with Crippen molar-refractivity contribution in [1.82, 2.24) is 10.6 Å². The summed E-state index contributed by atoms with van der Waals surface area (Å²) in [6.07, 6.45) is 7.98. The van der Waals surface area contributed by atoms with Crippen LogP contribution in [-0.2, 0) is 9.53 Å². The predicted molar refractivity (Wildman–Crippen MR) is 87.8 cm³/mol. The molecule has 4 N–H and O–H groups in total. The van der Waals surface area contributed by atoms with E-state index in [0.29, 0.717) is 25.3 Å². The van der Waals surface area contributed by atoms with Gasteiger partial charge in [-0.05, 0) is 20.4 Å². The van der Waals surface area contributed by atoms with Crippen LogP contribution in [0.25, 0.3) is 0 Å². The van der Waals surface area contributed by atoms with Crippen LogP contribution in [0.5, 0.6) is 0 Å². The van der Waals surface area contributed by atoms with Gasteiger partial charge in [0.25, 0.3) is 0 Å². The number of allylic oxidation sites excluding steroid dienone is 1. The molecule has 0 aliphatic carbocycles. The molecule has 1 atom stereocenters. The summed E-state index contributed by atoms with van der Waals surface area (Å²) in [7, 11) is 1.84. The molecular weight excluding hydrogens is 266 g/mol. The lowest BCUT2D eigenvalue weighted by molar-refractivity contribution is -0.138. The molecule has 5 nitrogen and oxygen atoms in total. The summed E-state index contributed by atoms with van der Waals surface area (Å²) in [5.74, 6) is -0.401. The average molecular weight is 295 g/mol. The van der Waals surface area contributed by atoms with E-state index >= 15 is 0 Å². The smallest absolute Gasteiger partial charge is 0.337 e. The lowest BCUT2D eigenvalue weighted by Crippen LogP contribution is -2.30. The van der Waals surface area contributed by atoms with Gasteiger partial charge in [-0.3, -0.25) is 0 Å². The minimum atomic E-state index is -0.401. The second kappa shape index (κ2) is 12.2. The van der Waals surface area contributed by atoms with Crippen molar-refractivity contribution in [3.05, 3.63) is 36.1 Å². The summed E-state index contributed by atoms with van der Waals surface area (Å²) in [6, 6.07) is -0.0984. The first kappa shape index (κ1) is 19.4. The molecule has 0 bridgehead atoms. The van der Waals surface area contributed by atoms with Gasteiger partial charge in [0.15, 0.2) is 0 Å². The van der Waals surface area contributed by atoms with E-state index in [1.54, 1.807) is 13.1 Å². The number of hydrogen-bond donors (Lipinski definition) is 3. The minimum absolute atomic E-state index is 0.0984. The maximum atomic E-state index is 11.9. The molecular formula is C16H29N3O2. The number of likely N-dealkylation sites (N-methyl/N-ethyl adjacent to an activating group) is 1. The van der Waals surface area contributed by atoms with Crippen LogP contribution in [0.2, 0.25) is 0 Å². The molecule has 0 rings (SSSR count). The number of carbonyl (C=O) groups excluding carboxylic acids is 1. The number of nitrogens with one attached hydrogen (secondary N) is 2. The molecule has 0 aromatic heterocycles. The highest BCUT2D eigenvalue weighted by Gasteiger charge is 2.19. The van der Waals surface area contributed by atoms with Gasteiger partial charge in [-0.2, -0.15) is 0 Å². The van der Waals surface area contributed by atoms with Gasteiger partial charge in [0, 0.05) is 24.9 Å². The fraction of sp³-hybridized carbons (Fsp3) is 0.562. The molecule has 0 aliphatic rings. The van der Waals surface area contributed by atoms with Crippen molar-refractivity contribution >= 4 is 5.97 Å². The SMILES string of the molecule is C=C(C(=O)OCC)/C(=C/NCCN)C(/C=C\CCC)NC. The molecule has 0 saturated carbocycles. The van der Waals surface area contributed by atoms with Gasteiger partial charge in [-0.25, -0.2) is 4.79 Å². The zero-order chi connectivity index (χ0) is 16.1. The van der Waals surface area contributed by atoms with Gasteiger partial charge in [-0.1, -0.05) is 32.1 Å². The Bertz CT molecular complexity index is 376. The Morgan fingerprint density at radius 3 is 2.67 bits per heavy atom. The van der Waals surface area contributed by atoms with E-state index in [9.17, 15) is 4.79 Å². The van der Waals surface area contributed by atoms with E-state index in [2.05, 4.69) is 30.2 Å². The van der Waals surface area contributed by atoms with Crippen LogP contribution in [0.3, 0.4) is 0 Å². The van der Waals surface area contributed by atoms with Gasteiger partial charge >= 0.3 is 5.97 Å². The fourth-order valence-corrected chi connectivity index (χ4v) is 1.72. The third kappa shape index (κ3) is 7.68. The highest BCUT2D eigenvalue weighted by Crippen LogP contribution is 2.15. The van der Waals surface area contributed by atoms with Gasteiger partial charge in [0.05, 0.1) is 18.2 Å². The minimum Gasteiger partial charge on any atom is -0.462 e. The Kier molecular flexibility index (Phi) is 11.3. The third-order valence-electron chi connectivity index (χ3n) is 2.85. The number of esters is 1. The number of ether oxygens (including phenoxy) is 1. The van der Waals surface area contributed by atoms with Crippen molar-refractivity contribution in [2.75, 3.05) is 26.7 Å². The van der Waals surface area contributed by atoms with Crippen LogP contribution in [0.1, 0.15) is 26.7 Å². The normalized spacial score (nSPS) is 13.2. The first-order valence-electron chi connectivity index (χ1n) is 7.46. The second-order valence-electron chi connectivity index (χ2n) is 4.52. The highest BCUT2D eigenvalue weighted by molar-refractivity contribution is 5.93. The van der Waals surface area contributed by atoms with E-state index in [4.69, 9.17) is 10.5 Å². The molecule has 120 valence electrons. The molecule has 5 heteroatoms. The standard InChI is InChI=1S/C16H29N3O2/c1-5-7-8-9-15(18-4)14(12-19-11-10-17)13(3)16(20)21-6-2/h8-9,12,15,18-19H,3,5-7,10-11,17H2,1-2,4H3/b9-8-,14-12-. The van der Waals surface area contributed by atoms with Crippen LogP contribution < -0.4 is 16.4 Å². The van der Waals surface area contributed by atoms with Crippen LogP contribution in [0, 0.1) is 0 Å². The van der Waals surface area contributed by atoms with E-state index in [-0.39, 0.29) is 6.04 Å². The highest BCUT2D eigenvalue weighted by atomic mass is 16.5. The number of unbranched alkanes of at least 4 members (excludes halogenated alkanes) is 1. The Balaban J connectivity index is 5.13. The molecule has 0 aromatic rings. The summed E-state index contributed by atoms with van der Waals surface area (Å²) in [5, 5.41) is 6.26. The average Bonchev–Trinajstić information content (AvgIpc) is 2.49. The Morgan fingerprint density at radius 1 is 1.43 bits per heavy atom. The molecule has 0 radical (unpaired) electrons. The van der Waals surface area contributed by atoms with E-state index in [0.717, 1.165) is 18.4 Å². The summed E-state index contributed by atoms with van der Waals surface area (Å²) >= 11 is 0. The van der Waals surface area contributed by atoms with Crippen molar-refractivity contribution in [1.29, 1.82) is 0 Å². The summed E-state index contributed by atoms with van der Waals surface area (Å²) < 4.78 is 5.03. The molecule has 0 aliphatic heterocycles. The lowest BCUT2D eigenvalue weighted by atomic mass is 9.99. The van der Waals surface area contributed by atoms with Gasteiger partial charge in [-0.15, -0.1) is 0 Å². The van der Waals surface area contributed by atoms with Crippen molar-refractivity contribution in [3.8, 4) is 0 Å². The summed E-state index contributed by atoms with van der Waals surface area (Å²) in [6.45, 7) is 9.24. The molecule has 1 unspecified atom stereocenters. The first-order valence-corrected chi connectivity index (χ1v) is 7.46. The number of carbonyl (C=O) groups is 1. The molecule has 0 saturated heterocycles. The zero-order valence-electron chi connectivity index (χ0n) is 13.4. The first-order chi connectivity index (χ1) is 10.1. The zero-order valence-corrected chi connectivity index (χ0v) is 13.4. The summed E-state index contributed by atoms with van der Waals surface area (Å²) in [5.41, 5.74) is 6.58. The quantitative estimate of drug-likeness (QED) is 0.177. The monoisotopic (exact) mass is 295 g/mol. The van der Waals surface area contributed by atoms with Crippen LogP contribution >= 0.6 is 0 Å². The van der Waals surface area contributed by atoms with Gasteiger partial charge in [0.1, 0.15) is 0 Å². The Morgan fingerprint density at radius 2 is 2.14 bits per heavy atom. The van der Waals surface area contributed by atoms with Crippen molar-refractivity contribution < 1.29 is 9.53 Å².